The molecule has 2 atom stereocenters. The number of nitrogens with zero attached hydrogens (tertiary/aromatic N) is 2. The van der Waals surface area contributed by atoms with E-state index in [1.54, 1.807) is 0 Å². The second-order valence-electron chi connectivity index (χ2n) is 6.41. The lowest BCUT2D eigenvalue weighted by Gasteiger charge is -2.32. The monoisotopic (exact) mass is 327 g/mol. The third-order valence-corrected chi connectivity index (χ3v) is 7.98. The first kappa shape index (κ1) is 15.7. The van der Waals surface area contributed by atoms with Gasteiger partial charge in [0.2, 0.25) is 5.89 Å². The van der Waals surface area contributed by atoms with Crippen molar-refractivity contribution in [2.45, 2.75) is 62.0 Å². The fourth-order valence-corrected chi connectivity index (χ4v) is 6.17. The molecule has 1 saturated carbocycles. The smallest absolute Gasteiger partial charge is 0.246 e. The second-order valence-corrected chi connectivity index (χ2v) is 9.00. The Labute approximate surface area is 135 Å². The average molecular weight is 328 g/mol. The summed E-state index contributed by atoms with van der Waals surface area (Å²) in [6.07, 6.45) is 5.37. The maximum atomic E-state index is 6.54. The average Bonchev–Trinajstić information content (AvgIpc) is 3.01. The topological polar surface area (TPSA) is 64.9 Å². The van der Waals surface area contributed by atoms with Crippen molar-refractivity contribution in [2.24, 2.45) is 11.7 Å². The molecule has 1 aliphatic carbocycles. The zero-order chi connectivity index (χ0) is 14.9. The van der Waals surface area contributed by atoms with Gasteiger partial charge in [-0.2, -0.15) is 16.7 Å². The summed E-state index contributed by atoms with van der Waals surface area (Å²) in [5, 5.41) is 5.23. The normalized spacial score (nSPS) is 37.6. The van der Waals surface area contributed by atoms with Crippen molar-refractivity contribution in [2.75, 3.05) is 11.5 Å². The van der Waals surface area contributed by atoms with Gasteiger partial charge in [0.15, 0.2) is 5.82 Å². The van der Waals surface area contributed by atoms with Crippen molar-refractivity contribution < 1.29 is 4.52 Å². The van der Waals surface area contributed by atoms with Crippen LogP contribution in [0.15, 0.2) is 4.52 Å². The number of hydrogen-bond donors (Lipinski definition) is 1. The van der Waals surface area contributed by atoms with Crippen LogP contribution in [0.25, 0.3) is 0 Å². The summed E-state index contributed by atoms with van der Waals surface area (Å²) in [5.74, 6) is 4.68. The molecule has 2 aliphatic rings. The van der Waals surface area contributed by atoms with Crippen LogP contribution in [0.2, 0.25) is 0 Å². The minimum absolute atomic E-state index is 0.359. The van der Waals surface area contributed by atoms with Crippen LogP contribution >= 0.6 is 23.5 Å². The number of rotatable bonds is 3. The molecule has 4 nitrogen and oxygen atoms in total. The van der Waals surface area contributed by atoms with Gasteiger partial charge in [0.05, 0.1) is 10.8 Å². The molecule has 0 aromatic carbocycles. The van der Waals surface area contributed by atoms with Gasteiger partial charge in [0.1, 0.15) is 0 Å². The molecule has 1 aliphatic heterocycles. The molecule has 0 bridgehead atoms. The predicted molar refractivity (Wildman–Crippen MR) is 89.5 cm³/mol. The zero-order valence-electron chi connectivity index (χ0n) is 12.9. The Hall–Kier alpha value is -0.200. The van der Waals surface area contributed by atoms with Gasteiger partial charge in [-0.3, -0.25) is 0 Å². The third-order valence-electron chi connectivity index (χ3n) is 4.74. The molecule has 2 N–H and O–H groups in total. The summed E-state index contributed by atoms with van der Waals surface area (Å²) in [4.78, 5) is 4.72. The lowest BCUT2D eigenvalue weighted by atomic mass is 9.78. The van der Waals surface area contributed by atoms with E-state index in [1.165, 1.54) is 11.5 Å². The minimum atomic E-state index is -0.397. The molecule has 3 rings (SSSR count). The van der Waals surface area contributed by atoms with Crippen molar-refractivity contribution in [1.29, 1.82) is 0 Å². The molecule has 0 radical (unpaired) electrons. The van der Waals surface area contributed by atoms with E-state index >= 15 is 0 Å². The van der Waals surface area contributed by atoms with Crippen LogP contribution in [-0.2, 0) is 5.54 Å². The molecule has 1 aromatic rings. The molecular weight excluding hydrogens is 302 g/mol. The van der Waals surface area contributed by atoms with Gasteiger partial charge in [-0.1, -0.05) is 19.0 Å². The Balaban J connectivity index is 1.76. The SMILES string of the molecule is CCC1SCCSC1c1noc(C2(N)CCC(C)CC2)n1. The van der Waals surface area contributed by atoms with Crippen molar-refractivity contribution in [1.82, 2.24) is 10.1 Å². The molecule has 2 fully saturated rings. The van der Waals surface area contributed by atoms with Gasteiger partial charge >= 0.3 is 0 Å². The van der Waals surface area contributed by atoms with Crippen molar-refractivity contribution in [3.63, 3.8) is 0 Å². The first-order valence-electron chi connectivity index (χ1n) is 7.98. The zero-order valence-corrected chi connectivity index (χ0v) is 14.5. The van der Waals surface area contributed by atoms with Crippen LogP contribution in [0.5, 0.6) is 0 Å². The van der Waals surface area contributed by atoms with Crippen molar-refractivity contribution >= 4 is 23.5 Å². The van der Waals surface area contributed by atoms with Crippen LogP contribution in [0.1, 0.15) is 62.9 Å². The Morgan fingerprint density at radius 3 is 2.71 bits per heavy atom. The molecule has 2 unspecified atom stereocenters. The third kappa shape index (κ3) is 3.27. The maximum Gasteiger partial charge on any atom is 0.246 e. The van der Waals surface area contributed by atoms with Crippen LogP contribution < -0.4 is 5.73 Å². The highest BCUT2D eigenvalue weighted by molar-refractivity contribution is 8.06. The van der Waals surface area contributed by atoms with Crippen molar-refractivity contribution in [3.05, 3.63) is 11.7 Å². The lowest BCUT2D eigenvalue weighted by Crippen LogP contribution is -2.40. The fourth-order valence-electron chi connectivity index (χ4n) is 3.19. The van der Waals surface area contributed by atoms with Crippen molar-refractivity contribution in [3.8, 4) is 0 Å². The van der Waals surface area contributed by atoms with E-state index in [-0.39, 0.29) is 0 Å². The van der Waals surface area contributed by atoms with E-state index in [9.17, 15) is 0 Å². The molecule has 2 heterocycles. The first-order valence-corrected chi connectivity index (χ1v) is 10.1. The fraction of sp³-hybridized carbons (Fsp3) is 0.867. The summed E-state index contributed by atoms with van der Waals surface area (Å²) >= 11 is 4.00. The number of aromatic nitrogens is 2. The summed E-state index contributed by atoms with van der Waals surface area (Å²) in [6.45, 7) is 4.53. The van der Waals surface area contributed by atoms with E-state index in [1.807, 2.05) is 23.5 Å². The first-order chi connectivity index (χ1) is 10.1. The van der Waals surface area contributed by atoms with Gasteiger partial charge in [-0.25, -0.2) is 0 Å². The van der Waals surface area contributed by atoms with Crippen LogP contribution in [0.4, 0.5) is 0 Å². The van der Waals surface area contributed by atoms with Gasteiger partial charge in [-0.05, 0) is 38.0 Å². The predicted octanol–water partition coefficient (Wildman–Crippen LogP) is 3.73. The van der Waals surface area contributed by atoms with E-state index < -0.39 is 5.54 Å². The summed E-state index contributed by atoms with van der Waals surface area (Å²) in [6, 6.07) is 0. The standard InChI is InChI=1S/C15H25N3OS2/c1-3-11-12(21-9-8-20-11)13-17-14(19-18-13)15(16)6-4-10(2)5-7-15/h10-12H,3-9,16H2,1-2H3. The molecule has 6 heteroatoms. The Bertz CT molecular complexity index is 471. The van der Waals surface area contributed by atoms with Gasteiger partial charge in [-0.15, -0.1) is 11.8 Å². The van der Waals surface area contributed by atoms with Gasteiger partial charge < -0.3 is 10.3 Å². The maximum absolute atomic E-state index is 6.54. The number of thioether (sulfide) groups is 2. The van der Waals surface area contributed by atoms with Gasteiger partial charge in [0.25, 0.3) is 0 Å². The van der Waals surface area contributed by atoms with E-state index in [0.29, 0.717) is 16.4 Å². The van der Waals surface area contributed by atoms with Crippen LogP contribution in [0.3, 0.4) is 0 Å². The molecule has 118 valence electrons. The number of hydrogen-bond acceptors (Lipinski definition) is 6. The molecule has 21 heavy (non-hydrogen) atoms. The molecule has 0 spiro atoms. The highest BCUT2D eigenvalue weighted by Gasteiger charge is 2.38. The van der Waals surface area contributed by atoms with E-state index in [4.69, 9.17) is 15.2 Å². The van der Waals surface area contributed by atoms with Crippen LogP contribution in [0, 0.1) is 5.92 Å². The molecule has 1 saturated heterocycles. The largest absolute Gasteiger partial charge is 0.337 e. The Morgan fingerprint density at radius 1 is 1.29 bits per heavy atom. The lowest BCUT2D eigenvalue weighted by molar-refractivity contribution is 0.190. The summed E-state index contributed by atoms with van der Waals surface area (Å²) in [7, 11) is 0. The quantitative estimate of drug-likeness (QED) is 0.912. The number of nitrogens with two attached hydrogens (primary N) is 1. The molecular formula is C15H25N3OS2. The molecule has 0 amide bonds. The summed E-state index contributed by atoms with van der Waals surface area (Å²) in [5.41, 5.74) is 6.15. The Kier molecular flexibility index (Phi) is 4.86. The van der Waals surface area contributed by atoms with E-state index in [2.05, 4.69) is 19.0 Å². The van der Waals surface area contributed by atoms with Gasteiger partial charge in [0, 0.05) is 16.8 Å². The van der Waals surface area contributed by atoms with Crippen LogP contribution in [-0.4, -0.2) is 26.9 Å². The van der Waals surface area contributed by atoms with E-state index in [0.717, 1.165) is 43.8 Å². The second kappa shape index (κ2) is 6.50. The summed E-state index contributed by atoms with van der Waals surface area (Å²) < 4.78 is 5.58. The Morgan fingerprint density at radius 2 is 2.00 bits per heavy atom. The highest BCUT2D eigenvalue weighted by atomic mass is 32.2. The highest BCUT2D eigenvalue weighted by Crippen LogP contribution is 2.44. The minimum Gasteiger partial charge on any atom is -0.337 e. The molecule has 1 aromatic heterocycles.